The number of phenols is 1. The number of nitrogens with zero attached hydrogens (tertiary/aromatic N) is 2. The summed E-state index contributed by atoms with van der Waals surface area (Å²) in [5.74, 6) is -0.749. The van der Waals surface area contributed by atoms with Crippen LogP contribution in [0.15, 0.2) is 24.3 Å². The maximum atomic E-state index is 12.4. The topological polar surface area (TPSA) is 93.1 Å². The van der Waals surface area contributed by atoms with Gasteiger partial charge in [0.2, 0.25) is 0 Å². The van der Waals surface area contributed by atoms with E-state index >= 15 is 0 Å². The van der Waals surface area contributed by atoms with Gasteiger partial charge in [-0.3, -0.25) is 4.79 Å². The zero-order valence-corrected chi connectivity index (χ0v) is 14.2. The first kappa shape index (κ1) is 17.4. The molecule has 0 atom stereocenters. The molecular formula is C18H25N3O4. The molecule has 1 saturated carbocycles. The Morgan fingerprint density at radius 2 is 1.72 bits per heavy atom. The number of rotatable bonds is 3. The average molecular weight is 347 g/mol. The van der Waals surface area contributed by atoms with E-state index in [-0.39, 0.29) is 23.7 Å². The van der Waals surface area contributed by atoms with Gasteiger partial charge in [0, 0.05) is 44.0 Å². The molecule has 1 aliphatic carbocycles. The van der Waals surface area contributed by atoms with Gasteiger partial charge in [-0.05, 0) is 37.8 Å². The van der Waals surface area contributed by atoms with Crippen molar-refractivity contribution in [3.05, 3.63) is 24.3 Å². The first-order chi connectivity index (χ1) is 12.0. The van der Waals surface area contributed by atoms with Crippen molar-refractivity contribution in [1.29, 1.82) is 0 Å². The van der Waals surface area contributed by atoms with Crippen LogP contribution in [0.1, 0.15) is 25.7 Å². The van der Waals surface area contributed by atoms with Gasteiger partial charge in [-0.2, -0.15) is 0 Å². The fourth-order valence-electron chi connectivity index (χ4n) is 3.61. The highest BCUT2D eigenvalue weighted by atomic mass is 16.4. The molecule has 1 aliphatic heterocycles. The maximum Gasteiger partial charge on any atom is 0.317 e. The van der Waals surface area contributed by atoms with Crippen molar-refractivity contribution in [2.75, 3.05) is 31.1 Å². The van der Waals surface area contributed by atoms with Gasteiger partial charge in [0.15, 0.2) is 0 Å². The van der Waals surface area contributed by atoms with Crippen molar-refractivity contribution in [2.24, 2.45) is 5.92 Å². The lowest BCUT2D eigenvalue weighted by Crippen LogP contribution is -2.54. The van der Waals surface area contributed by atoms with Gasteiger partial charge in [-0.25, -0.2) is 4.79 Å². The molecule has 0 unspecified atom stereocenters. The molecule has 0 spiro atoms. The zero-order chi connectivity index (χ0) is 17.8. The normalized spacial score (nSPS) is 24.0. The van der Waals surface area contributed by atoms with E-state index in [1.54, 1.807) is 12.1 Å². The van der Waals surface area contributed by atoms with Crippen molar-refractivity contribution in [3.63, 3.8) is 0 Å². The molecule has 1 aromatic carbocycles. The Labute approximate surface area is 147 Å². The molecule has 7 heteroatoms. The monoisotopic (exact) mass is 347 g/mol. The second-order valence-electron chi connectivity index (χ2n) is 6.83. The standard InChI is InChI=1S/C18H25N3O4/c22-16-3-1-2-15(12-16)20-8-10-21(11-9-20)18(25)19-14-6-4-13(5-7-14)17(23)24/h1-3,12-14,22H,4-11H2,(H,19,25)(H,23,24). The number of hydrogen-bond donors (Lipinski definition) is 3. The van der Waals surface area contributed by atoms with Crippen molar-refractivity contribution >= 4 is 17.7 Å². The van der Waals surface area contributed by atoms with Crippen LogP contribution in [0.25, 0.3) is 0 Å². The minimum absolute atomic E-state index is 0.0608. The lowest BCUT2D eigenvalue weighted by atomic mass is 9.86. The molecule has 1 aromatic rings. The second kappa shape index (κ2) is 7.63. The highest BCUT2D eigenvalue weighted by Crippen LogP contribution is 2.25. The summed E-state index contributed by atoms with van der Waals surface area (Å²) in [5.41, 5.74) is 0.965. The molecule has 1 saturated heterocycles. The molecule has 3 N–H and O–H groups in total. The Morgan fingerprint density at radius 1 is 1.04 bits per heavy atom. The Bertz CT molecular complexity index is 621. The molecule has 25 heavy (non-hydrogen) atoms. The summed E-state index contributed by atoms with van der Waals surface area (Å²) >= 11 is 0. The number of benzene rings is 1. The number of piperazine rings is 1. The van der Waals surface area contributed by atoms with Gasteiger partial charge in [0.05, 0.1) is 5.92 Å². The number of nitrogens with one attached hydrogen (secondary N) is 1. The maximum absolute atomic E-state index is 12.4. The number of aromatic hydroxyl groups is 1. The van der Waals surface area contributed by atoms with E-state index in [0.29, 0.717) is 25.9 Å². The van der Waals surface area contributed by atoms with E-state index in [1.807, 2.05) is 17.0 Å². The Balaban J connectivity index is 1.45. The van der Waals surface area contributed by atoms with Crippen LogP contribution >= 0.6 is 0 Å². The fourth-order valence-corrected chi connectivity index (χ4v) is 3.61. The summed E-state index contributed by atoms with van der Waals surface area (Å²) in [6, 6.07) is 7.16. The number of carbonyl (C=O) groups is 2. The number of phenolic OH excluding ortho intramolecular Hbond substituents is 1. The fraction of sp³-hybridized carbons (Fsp3) is 0.556. The van der Waals surface area contributed by atoms with Crippen LogP contribution in [0.2, 0.25) is 0 Å². The van der Waals surface area contributed by atoms with Gasteiger partial charge < -0.3 is 25.3 Å². The van der Waals surface area contributed by atoms with Crippen LogP contribution < -0.4 is 10.2 Å². The molecule has 7 nitrogen and oxygen atoms in total. The van der Waals surface area contributed by atoms with E-state index in [2.05, 4.69) is 10.2 Å². The van der Waals surface area contributed by atoms with Crippen molar-refractivity contribution in [2.45, 2.75) is 31.7 Å². The Kier molecular flexibility index (Phi) is 5.31. The number of carboxylic acids is 1. The first-order valence-electron chi connectivity index (χ1n) is 8.85. The van der Waals surface area contributed by atoms with E-state index in [1.165, 1.54) is 0 Å². The lowest BCUT2D eigenvalue weighted by molar-refractivity contribution is -0.142. The molecule has 0 aromatic heterocycles. The quantitative estimate of drug-likeness (QED) is 0.776. The van der Waals surface area contributed by atoms with Gasteiger partial charge in [0.25, 0.3) is 0 Å². The van der Waals surface area contributed by atoms with Gasteiger partial charge in [-0.15, -0.1) is 0 Å². The third-order valence-corrected chi connectivity index (χ3v) is 5.17. The van der Waals surface area contributed by atoms with Gasteiger partial charge in [-0.1, -0.05) is 6.07 Å². The summed E-state index contributed by atoms with van der Waals surface area (Å²) in [4.78, 5) is 27.4. The molecule has 0 bridgehead atoms. The predicted molar refractivity (Wildman–Crippen MR) is 93.8 cm³/mol. The number of anilines is 1. The van der Waals surface area contributed by atoms with Crippen LogP contribution in [0.3, 0.4) is 0 Å². The van der Waals surface area contributed by atoms with Crippen LogP contribution in [0.4, 0.5) is 10.5 Å². The molecule has 3 rings (SSSR count). The highest BCUT2D eigenvalue weighted by Gasteiger charge is 2.28. The SMILES string of the molecule is O=C(O)C1CCC(NC(=O)N2CCN(c3cccc(O)c3)CC2)CC1. The predicted octanol–water partition coefficient (Wildman–Crippen LogP) is 1.87. The Morgan fingerprint density at radius 3 is 2.32 bits per heavy atom. The van der Waals surface area contributed by atoms with Gasteiger partial charge in [0.1, 0.15) is 5.75 Å². The van der Waals surface area contributed by atoms with E-state index < -0.39 is 5.97 Å². The summed E-state index contributed by atoms with van der Waals surface area (Å²) in [7, 11) is 0. The Hall–Kier alpha value is -2.44. The molecule has 2 amide bonds. The minimum Gasteiger partial charge on any atom is -0.508 e. The van der Waals surface area contributed by atoms with Crippen LogP contribution in [-0.4, -0.2) is 59.3 Å². The smallest absolute Gasteiger partial charge is 0.317 e. The number of carbonyl (C=O) groups excluding carboxylic acids is 1. The average Bonchev–Trinajstić information content (AvgIpc) is 2.62. The van der Waals surface area contributed by atoms with E-state index in [9.17, 15) is 14.7 Å². The summed E-state index contributed by atoms with van der Waals surface area (Å²) in [6.07, 6.45) is 2.72. The van der Waals surface area contributed by atoms with E-state index in [0.717, 1.165) is 31.6 Å². The van der Waals surface area contributed by atoms with Crippen molar-refractivity contribution < 1.29 is 19.8 Å². The van der Waals surface area contributed by atoms with Crippen molar-refractivity contribution in [3.8, 4) is 5.75 Å². The number of hydrogen-bond acceptors (Lipinski definition) is 4. The zero-order valence-electron chi connectivity index (χ0n) is 14.2. The lowest BCUT2D eigenvalue weighted by Gasteiger charge is -2.37. The summed E-state index contributed by atoms with van der Waals surface area (Å²) < 4.78 is 0. The molecule has 1 heterocycles. The third kappa shape index (κ3) is 4.35. The minimum atomic E-state index is -0.729. The van der Waals surface area contributed by atoms with Crippen LogP contribution in [0, 0.1) is 5.92 Å². The number of amides is 2. The molecule has 0 radical (unpaired) electrons. The van der Waals surface area contributed by atoms with Gasteiger partial charge >= 0.3 is 12.0 Å². The summed E-state index contributed by atoms with van der Waals surface area (Å²) in [6.45, 7) is 2.71. The summed E-state index contributed by atoms with van der Waals surface area (Å²) in [5, 5.41) is 21.7. The molecule has 2 fully saturated rings. The van der Waals surface area contributed by atoms with Crippen molar-refractivity contribution in [1.82, 2.24) is 10.2 Å². The van der Waals surface area contributed by atoms with Crippen LogP contribution in [0.5, 0.6) is 5.75 Å². The third-order valence-electron chi connectivity index (χ3n) is 5.17. The highest BCUT2D eigenvalue weighted by molar-refractivity contribution is 5.75. The number of aliphatic carboxylic acids is 1. The largest absolute Gasteiger partial charge is 0.508 e. The van der Waals surface area contributed by atoms with E-state index in [4.69, 9.17) is 5.11 Å². The molecular weight excluding hydrogens is 322 g/mol. The van der Waals surface area contributed by atoms with Crippen LogP contribution in [-0.2, 0) is 4.79 Å². The molecule has 136 valence electrons. The number of carboxylic acid groups (broad SMARTS) is 1. The molecule has 2 aliphatic rings. The first-order valence-corrected chi connectivity index (χ1v) is 8.85. The number of urea groups is 1. The second-order valence-corrected chi connectivity index (χ2v) is 6.83.